The van der Waals surface area contributed by atoms with E-state index in [1.54, 1.807) is 0 Å². The van der Waals surface area contributed by atoms with Crippen LogP contribution in [0.2, 0.25) is 5.02 Å². The molecule has 0 bridgehead atoms. The molecular weight excluding hydrogens is 412 g/mol. The number of halogens is 1. The van der Waals surface area contributed by atoms with Crippen molar-refractivity contribution in [1.82, 2.24) is 4.90 Å². The summed E-state index contributed by atoms with van der Waals surface area (Å²) in [7, 11) is 2.15. The standard InChI is InChI=1S/C21H25ClN2O4S/c1-21(2)12-15(7-8-24(21)3)23-14-6-4-5-13(11-14)18-16(22)17(28-10-9-25)19(29-18)20(26)27/h4-6,9,11,15,23H,7-8,10,12H2,1-3H3,(H,26,27). The fourth-order valence-corrected chi connectivity index (χ4v) is 4.99. The fourth-order valence-electron chi connectivity index (χ4n) is 3.59. The maximum absolute atomic E-state index is 11.6. The Balaban J connectivity index is 1.86. The number of anilines is 1. The predicted octanol–water partition coefficient (Wildman–Crippen LogP) is 4.63. The average Bonchev–Trinajstić information content (AvgIpc) is 3.00. The molecule has 1 saturated heterocycles. The molecule has 156 valence electrons. The molecule has 1 fully saturated rings. The number of aromatic carboxylic acids is 1. The Labute approximate surface area is 179 Å². The first-order valence-corrected chi connectivity index (χ1v) is 10.6. The Morgan fingerprint density at radius 3 is 2.90 bits per heavy atom. The van der Waals surface area contributed by atoms with E-state index in [0.29, 0.717) is 17.2 Å². The quantitative estimate of drug-likeness (QED) is 0.616. The van der Waals surface area contributed by atoms with Gasteiger partial charge < -0.3 is 20.1 Å². The third kappa shape index (κ3) is 4.74. The Hall–Kier alpha value is -2.09. The summed E-state index contributed by atoms with van der Waals surface area (Å²) in [5, 5.41) is 13.3. The maximum Gasteiger partial charge on any atom is 0.349 e. The number of carboxylic acid groups (broad SMARTS) is 1. The van der Waals surface area contributed by atoms with Crippen molar-refractivity contribution in [3.8, 4) is 16.2 Å². The van der Waals surface area contributed by atoms with Gasteiger partial charge in [0.05, 0.1) is 4.88 Å². The zero-order valence-corrected chi connectivity index (χ0v) is 18.3. The summed E-state index contributed by atoms with van der Waals surface area (Å²) in [5.74, 6) is -1.09. The summed E-state index contributed by atoms with van der Waals surface area (Å²) in [6.45, 7) is 5.28. The van der Waals surface area contributed by atoms with Crippen molar-refractivity contribution in [3.63, 3.8) is 0 Å². The molecule has 1 aliphatic heterocycles. The van der Waals surface area contributed by atoms with Gasteiger partial charge in [-0.15, -0.1) is 11.3 Å². The number of hydrogen-bond acceptors (Lipinski definition) is 6. The second-order valence-electron chi connectivity index (χ2n) is 7.84. The minimum atomic E-state index is -1.13. The van der Waals surface area contributed by atoms with Gasteiger partial charge in [-0.25, -0.2) is 4.79 Å². The number of carboxylic acids is 1. The minimum absolute atomic E-state index is 0.0118. The Morgan fingerprint density at radius 2 is 2.24 bits per heavy atom. The van der Waals surface area contributed by atoms with E-state index in [-0.39, 0.29) is 27.8 Å². The number of piperidine rings is 1. The van der Waals surface area contributed by atoms with Crippen LogP contribution in [0.5, 0.6) is 5.75 Å². The highest BCUT2D eigenvalue weighted by atomic mass is 35.5. The second-order valence-corrected chi connectivity index (χ2v) is 9.23. The van der Waals surface area contributed by atoms with Gasteiger partial charge >= 0.3 is 5.97 Å². The predicted molar refractivity (Wildman–Crippen MR) is 117 cm³/mol. The lowest BCUT2D eigenvalue weighted by molar-refractivity contribution is -0.109. The average molecular weight is 437 g/mol. The number of carbonyl (C=O) groups excluding carboxylic acids is 1. The molecule has 29 heavy (non-hydrogen) atoms. The van der Waals surface area contributed by atoms with Gasteiger partial charge in [-0.1, -0.05) is 23.7 Å². The molecule has 1 atom stereocenters. The van der Waals surface area contributed by atoms with E-state index in [9.17, 15) is 14.7 Å². The largest absolute Gasteiger partial charge is 0.483 e. The van der Waals surface area contributed by atoms with Crippen molar-refractivity contribution in [1.29, 1.82) is 0 Å². The van der Waals surface area contributed by atoms with E-state index in [2.05, 4.69) is 31.1 Å². The van der Waals surface area contributed by atoms with Gasteiger partial charge in [0.25, 0.3) is 0 Å². The van der Waals surface area contributed by atoms with E-state index in [4.69, 9.17) is 16.3 Å². The van der Waals surface area contributed by atoms with E-state index in [1.165, 1.54) is 0 Å². The van der Waals surface area contributed by atoms with Crippen LogP contribution in [0.25, 0.3) is 10.4 Å². The van der Waals surface area contributed by atoms with E-state index >= 15 is 0 Å². The molecule has 8 heteroatoms. The number of rotatable bonds is 7. The smallest absolute Gasteiger partial charge is 0.349 e. The van der Waals surface area contributed by atoms with Crippen molar-refractivity contribution >= 4 is 40.9 Å². The molecule has 1 aromatic heterocycles. The van der Waals surface area contributed by atoms with Gasteiger partial charge in [0.1, 0.15) is 11.6 Å². The molecule has 2 aromatic rings. The third-order valence-electron chi connectivity index (χ3n) is 5.39. The van der Waals surface area contributed by atoms with Crippen LogP contribution in [-0.4, -0.2) is 54.0 Å². The topological polar surface area (TPSA) is 78.9 Å². The van der Waals surface area contributed by atoms with Crippen molar-refractivity contribution < 1.29 is 19.4 Å². The highest BCUT2D eigenvalue weighted by molar-refractivity contribution is 7.18. The monoisotopic (exact) mass is 436 g/mol. The number of thiophene rings is 1. The van der Waals surface area contributed by atoms with Gasteiger partial charge in [-0.05, 0) is 51.4 Å². The van der Waals surface area contributed by atoms with Crippen molar-refractivity contribution in [2.24, 2.45) is 0 Å². The summed E-state index contributed by atoms with van der Waals surface area (Å²) in [4.78, 5) is 25.2. The number of nitrogens with zero attached hydrogens (tertiary/aromatic N) is 1. The van der Waals surface area contributed by atoms with E-state index in [1.807, 2.05) is 24.3 Å². The minimum Gasteiger partial charge on any atom is -0.483 e. The van der Waals surface area contributed by atoms with Gasteiger partial charge in [0, 0.05) is 23.8 Å². The van der Waals surface area contributed by atoms with Gasteiger partial charge in [0.2, 0.25) is 0 Å². The molecule has 0 saturated carbocycles. The van der Waals surface area contributed by atoms with Crippen LogP contribution in [0, 0.1) is 0 Å². The molecule has 3 rings (SSSR count). The van der Waals surface area contributed by atoms with Gasteiger partial charge in [-0.2, -0.15) is 0 Å². The van der Waals surface area contributed by atoms with Gasteiger partial charge in [0.15, 0.2) is 16.9 Å². The van der Waals surface area contributed by atoms with Crippen LogP contribution in [0.4, 0.5) is 5.69 Å². The SMILES string of the molecule is CN1CCC(Nc2cccc(-c3sc(C(=O)O)c(OCC=O)c3Cl)c2)CC1(C)C. The number of benzene rings is 1. The Kier molecular flexibility index (Phi) is 6.51. The summed E-state index contributed by atoms with van der Waals surface area (Å²) < 4.78 is 5.27. The molecule has 2 heterocycles. The fraction of sp³-hybridized carbons (Fsp3) is 0.429. The molecule has 0 radical (unpaired) electrons. The summed E-state index contributed by atoms with van der Waals surface area (Å²) in [5.41, 5.74) is 1.90. The van der Waals surface area contributed by atoms with Crippen LogP contribution in [0.3, 0.4) is 0 Å². The van der Waals surface area contributed by atoms with E-state index < -0.39 is 5.97 Å². The number of ether oxygens (including phenoxy) is 1. The summed E-state index contributed by atoms with van der Waals surface area (Å²) in [6.07, 6.45) is 2.64. The lowest BCUT2D eigenvalue weighted by atomic mass is 9.87. The zero-order valence-electron chi connectivity index (χ0n) is 16.7. The zero-order chi connectivity index (χ0) is 21.2. The summed E-state index contributed by atoms with van der Waals surface area (Å²) >= 11 is 7.47. The molecule has 1 aromatic carbocycles. The maximum atomic E-state index is 11.6. The Bertz CT molecular complexity index is 912. The van der Waals surface area contributed by atoms with Crippen molar-refractivity contribution in [2.75, 3.05) is 25.5 Å². The molecule has 0 spiro atoms. The van der Waals surface area contributed by atoms with Crippen LogP contribution < -0.4 is 10.1 Å². The highest BCUT2D eigenvalue weighted by Crippen LogP contribution is 2.46. The van der Waals surface area contributed by atoms with E-state index in [0.717, 1.165) is 42.0 Å². The van der Waals surface area contributed by atoms with Crippen LogP contribution in [0.15, 0.2) is 24.3 Å². The molecule has 6 nitrogen and oxygen atoms in total. The first-order valence-electron chi connectivity index (χ1n) is 9.43. The number of carbonyl (C=O) groups is 2. The van der Waals surface area contributed by atoms with Gasteiger partial charge in [-0.3, -0.25) is 4.79 Å². The van der Waals surface area contributed by atoms with Crippen molar-refractivity contribution in [3.05, 3.63) is 34.2 Å². The first kappa shape index (κ1) is 21.6. The second kappa shape index (κ2) is 8.73. The number of aldehydes is 1. The lowest BCUT2D eigenvalue weighted by Gasteiger charge is -2.44. The van der Waals surface area contributed by atoms with Crippen LogP contribution in [-0.2, 0) is 4.79 Å². The van der Waals surface area contributed by atoms with Crippen molar-refractivity contribution in [2.45, 2.75) is 38.3 Å². The highest BCUT2D eigenvalue weighted by Gasteiger charge is 2.32. The summed E-state index contributed by atoms with van der Waals surface area (Å²) in [6, 6.07) is 8.13. The molecule has 0 amide bonds. The van der Waals surface area contributed by atoms with Crippen LogP contribution >= 0.6 is 22.9 Å². The molecule has 1 aliphatic rings. The number of hydrogen-bond donors (Lipinski definition) is 2. The Morgan fingerprint density at radius 1 is 1.48 bits per heavy atom. The first-order chi connectivity index (χ1) is 13.7. The third-order valence-corrected chi connectivity index (χ3v) is 7.07. The molecule has 1 unspecified atom stereocenters. The number of nitrogens with one attached hydrogen (secondary N) is 1. The normalized spacial score (nSPS) is 19.0. The van der Waals surface area contributed by atoms with Crippen LogP contribution in [0.1, 0.15) is 36.4 Å². The molecular formula is C21H25ClN2O4S. The molecule has 0 aliphatic carbocycles. The molecule has 2 N–H and O–H groups in total. The number of likely N-dealkylation sites (tertiary alicyclic amines) is 1. The lowest BCUT2D eigenvalue weighted by Crippen LogP contribution is -2.50.